The van der Waals surface area contributed by atoms with Crippen molar-refractivity contribution in [2.75, 3.05) is 0 Å². The Balaban J connectivity index is 1.95. The summed E-state index contributed by atoms with van der Waals surface area (Å²) in [6.45, 7) is 8.56. The van der Waals surface area contributed by atoms with E-state index in [1.54, 1.807) is 11.3 Å². The Hall–Kier alpha value is -2.20. The van der Waals surface area contributed by atoms with Gasteiger partial charge in [0.05, 0.1) is 5.57 Å². The molecule has 0 unspecified atom stereocenters. The minimum atomic E-state index is -0.397. The third kappa shape index (κ3) is 3.27. The molecule has 0 atom stereocenters. The summed E-state index contributed by atoms with van der Waals surface area (Å²) in [5.74, 6) is -0.397. The molecule has 0 fully saturated rings. The third-order valence-corrected chi connectivity index (χ3v) is 4.71. The lowest BCUT2D eigenvalue weighted by molar-refractivity contribution is -0.136. The number of oxime groups is 1. The summed E-state index contributed by atoms with van der Waals surface area (Å²) in [4.78, 5) is 19.1. The predicted octanol–water partition coefficient (Wildman–Crippen LogP) is 4.70. The Labute approximate surface area is 140 Å². The maximum Gasteiger partial charge on any atom is 0.368 e. The highest BCUT2D eigenvalue weighted by Crippen LogP contribution is 2.26. The van der Waals surface area contributed by atoms with Crippen LogP contribution in [-0.2, 0) is 15.0 Å². The van der Waals surface area contributed by atoms with Gasteiger partial charge in [0.2, 0.25) is 0 Å². The van der Waals surface area contributed by atoms with Crippen molar-refractivity contribution in [3.63, 3.8) is 0 Å². The Kier molecular flexibility index (Phi) is 3.94. The number of carbonyl (C=O) groups excluding carboxylic acids is 1. The van der Waals surface area contributed by atoms with Gasteiger partial charge >= 0.3 is 5.97 Å². The molecule has 4 heteroatoms. The van der Waals surface area contributed by atoms with Crippen molar-refractivity contribution in [2.45, 2.75) is 33.1 Å². The zero-order valence-corrected chi connectivity index (χ0v) is 14.5. The van der Waals surface area contributed by atoms with E-state index in [4.69, 9.17) is 4.84 Å². The van der Waals surface area contributed by atoms with Crippen LogP contribution in [-0.4, -0.2) is 11.7 Å². The molecule has 0 saturated heterocycles. The van der Waals surface area contributed by atoms with E-state index >= 15 is 0 Å². The van der Waals surface area contributed by atoms with Gasteiger partial charge in [0.1, 0.15) is 5.71 Å². The van der Waals surface area contributed by atoms with Crippen LogP contribution in [0.2, 0.25) is 0 Å². The lowest BCUT2D eigenvalue weighted by Crippen LogP contribution is -2.12. The summed E-state index contributed by atoms with van der Waals surface area (Å²) < 4.78 is 0. The Morgan fingerprint density at radius 3 is 2.35 bits per heavy atom. The second-order valence-corrected chi connectivity index (χ2v) is 7.97. The standard InChI is InChI=1S/C19H19NO2S/c1-12-5-10-15(23-12)11-16-17(20-22-18(16)21)13-6-8-14(9-7-13)19(2,3)4/h5-11H,1-4H3. The first-order valence-electron chi connectivity index (χ1n) is 7.53. The summed E-state index contributed by atoms with van der Waals surface area (Å²) in [6, 6.07) is 12.2. The van der Waals surface area contributed by atoms with Crippen LogP contribution >= 0.6 is 11.3 Å². The van der Waals surface area contributed by atoms with Gasteiger partial charge in [-0.05, 0) is 36.1 Å². The molecule has 1 aromatic carbocycles. The number of aryl methyl sites for hydroxylation is 1. The maximum atomic E-state index is 12.0. The zero-order chi connectivity index (χ0) is 16.6. The minimum absolute atomic E-state index is 0.0928. The number of thiophene rings is 1. The monoisotopic (exact) mass is 325 g/mol. The fourth-order valence-electron chi connectivity index (χ4n) is 2.42. The highest BCUT2D eigenvalue weighted by Gasteiger charge is 2.27. The average Bonchev–Trinajstić information content (AvgIpc) is 3.06. The van der Waals surface area contributed by atoms with E-state index in [9.17, 15) is 4.79 Å². The topological polar surface area (TPSA) is 38.7 Å². The van der Waals surface area contributed by atoms with Gasteiger partial charge in [-0.15, -0.1) is 11.3 Å². The van der Waals surface area contributed by atoms with Crippen LogP contribution in [0.5, 0.6) is 0 Å². The lowest BCUT2D eigenvalue weighted by atomic mass is 9.86. The molecule has 0 bridgehead atoms. The summed E-state index contributed by atoms with van der Waals surface area (Å²) in [5, 5.41) is 3.97. The van der Waals surface area contributed by atoms with E-state index in [0.29, 0.717) is 11.3 Å². The Morgan fingerprint density at radius 2 is 1.78 bits per heavy atom. The molecule has 2 heterocycles. The normalized spacial score (nSPS) is 16.6. The van der Waals surface area contributed by atoms with Crippen LogP contribution in [0.3, 0.4) is 0 Å². The summed E-state index contributed by atoms with van der Waals surface area (Å²) >= 11 is 1.64. The molecule has 2 aromatic rings. The Bertz CT molecular complexity index is 805. The highest BCUT2D eigenvalue weighted by atomic mass is 32.1. The number of nitrogens with zero attached hydrogens (tertiary/aromatic N) is 1. The van der Waals surface area contributed by atoms with Crippen molar-refractivity contribution in [1.82, 2.24) is 0 Å². The summed E-state index contributed by atoms with van der Waals surface area (Å²) in [5.41, 5.74) is 3.34. The molecule has 0 saturated carbocycles. The molecule has 3 nitrogen and oxygen atoms in total. The number of hydrogen-bond acceptors (Lipinski definition) is 4. The van der Waals surface area contributed by atoms with Crippen molar-refractivity contribution < 1.29 is 9.63 Å². The summed E-state index contributed by atoms with van der Waals surface area (Å²) in [7, 11) is 0. The molecular weight excluding hydrogens is 306 g/mol. The maximum absolute atomic E-state index is 12.0. The van der Waals surface area contributed by atoms with Gasteiger partial charge in [-0.3, -0.25) is 0 Å². The van der Waals surface area contributed by atoms with Crippen molar-refractivity contribution in [3.05, 3.63) is 62.9 Å². The van der Waals surface area contributed by atoms with Gasteiger partial charge < -0.3 is 4.84 Å². The molecule has 23 heavy (non-hydrogen) atoms. The van der Waals surface area contributed by atoms with Gasteiger partial charge in [0.15, 0.2) is 0 Å². The van der Waals surface area contributed by atoms with Gasteiger partial charge in [0.25, 0.3) is 0 Å². The van der Waals surface area contributed by atoms with E-state index in [1.165, 1.54) is 10.4 Å². The molecule has 0 N–H and O–H groups in total. The quantitative estimate of drug-likeness (QED) is 0.593. The fourth-order valence-corrected chi connectivity index (χ4v) is 3.24. The molecule has 1 aliphatic rings. The second-order valence-electron chi connectivity index (χ2n) is 6.65. The van der Waals surface area contributed by atoms with Crippen molar-refractivity contribution in [1.29, 1.82) is 0 Å². The average molecular weight is 325 g/mol. The van der Waals surface area contributed by atoms with E-state index in [1.807, 2.05) is 37.3 Å². The molecule has 3 rings (SSSR count). The van der Waals surface area contributed by atoms with Crippen LogP contribution in [0, 0.1) is 6.92 Å². The fraction of sp³-hybridized carbons (Fsp3) is 0.263. The van der Waals surface area contributed by atoms with E-state index < -0.39 is 5.97 Å². The molecule has 1 aliphatic heterocycles. The smallest absolute Gasteiger partial charge is 0.312 e. The number of carbonyl (C=O) groups is 1. The van der Waals surface area contributed by atoms with Gasteiger partial charge in [-0.1, -0.05) is 50.2 Å². The Morgan fingerprint density at radius 1 is 1.09 bits per heavy atom. The lowest BCUT2D eigenvalue weighted by Gasteiger charge is -2.19. The number of benzene rings is 1. The second kappa shape index (κ2) is 5.78. The van der Waals surface area contributed by atoms with Crippen LogP contribution in [0.1, 0.15) is 41.7 Å². The van der Waals surface area contributed by atoms with Crippen molar-refractivity contribution >= 4 is 29.1 Å². The van der Waals surface area contributed by atoms with E-state index in [2.05, 4.69) is 38.1 Å². The number of hydrogen-bond donors (Lipinski definition) is 0. The van der Waals surface area contributed by atoms with Crippen molar-refractivity contribution in [3.8, 4) is 0 Å². The van der Waals surface area contributed by atoms with Crippen LogP contribution in [0.25, 0.3) is 6.08 Å². The molecule has 0 radical (unpaired) electrons. The highest BCUT2D eigenvalue weighted by molar-refractivity contribution is 7.12. The first-order valence-corrected chi connectivity index (χ1v) is 8.35. The van der Waals surface area contributed by atoms with Crippen LogP contribution < -0.4 is 0 Å². The molecule has 0 amide bonds. The van der Waals surface area contributed by atoms with Crippen LogP contribution in [0.4, 0.5) is 0 Å². The molecule has 0 spiro atoms. The molecule has 1 aromatic heterocycles. The predicted molar refractivity (Wildman–Crippen MR) is 94.8 cm³/mol. The first kappa shape index (κ1) is 15.7. The van der Waals surface area contributed by atoms with E-state index in [0.717, 1.165) is 10.4 Å². The van der Waals surface area contributed by atoms with E-state index in [-0.39, 0.29) is 5.41 Å². The minimum Gasteiger partial charge on any atom is -0.312 e. The third-order valence-electron chi connectivity index (χ3n) is 3.77. The first-order chi connectivity index (χ1) is 10.8. The molecule has 0 aliphatic carbocycles. The van der Waals surface area contributed by atoms with Crippen molar-refractivity contribution in [2.24, 2.45) is 5.16 Å². The summed E-state index contributed by atoms with van der Waals surface area (Å²) in [6.07, 6.45) is 1.85. The largest absolute Gasteiger partial charge is 0.368 e. The van der Waals surface area contributed by atoms with Crippen LogP contribution in [0.15, 0.2) is 47.1 Å². The SMILES string of the molecule is Cc1ccc(C=C2C(=O)ON=C2c2ccc(C(C)(C)C)cc2)s1. The molecular formula is C19H19NO2S. The van der Waals surface area contributed by atoms with Gasteiger partial charge in [-0.25, -0.2) is 4.79 Å². The zero-order valence-electron chi connectivity index (χ0n) is 13.7. The van der Waals surface area contributed by atoms with Gasteiger partial charge in [-0.2, -0.15) is 0 Å². The number of rotatable bonds is 2. The van der Waals surface area contributed by atoms with Gasteiger partial charge in [0, 0.05) is 15.3 Å². The molecule has 118 valence electrons.